The minimum atomic E-state index is -0.834. The zero-order chi connectivity index (χ0) is 14.5. The quantitative estimate of drug-likeness (QED) is 0.749. The molecule has 0 spiro atoms. The van der Waals surface area contributed by atoms with Crippen molar-refractivity contribution in [3.05, 3.63) is 0 Å². The van der Waals surface area contributed by atoms with Crippen LogP contribution in [0.3, 0.4) is 0 Å². The largest absolute Gasteiger partial charge is 0.481 e. The van der Waals surface area contributed by atoms with E-state index >= 15 is 0 Å². The summed E-state index contributed by atoms with van der Waals surface area (Å²) in [4.78, 5) is 27.2. The van der Waals surface area contributed by atoms with E-state index in [0.717, 1.165) is 37.4 Å². The molecule has 2 aliphatic heterocycles. The number of amides is 1. The van der Waals surface area contributed by atoms with Crippen LogP contribution < -0.4 is 5.73 Å². The fraction of sp³-hybridized carbons (Fsp3) is 0.846. The summed E-state index contributed by atoms with van der Waals surface area (Å²) in [5.74, 6) is 0.849. The number of rotatable bonds is 4. The Bertz CT molecular complexity index is 359. The molecule has 0 bridgehead atoms. The Kier molecular flexibility index (Phi) is 5.68. The van der Waals surface area contributed by atoms with Crippen molar-refractivity contribution < 1.29 is 14.7 Å². The Labute approximate surface area is 123 Å². The highest BCUT2D eigenvalue weighted by molar-refractivity contribution is 7.99. The van der Waals surface area contributed by atoms with Crippen molar-refractivity contribution in [2.75, 3.05) is 37.7 Å². The predicted molar refractivity (Wildman–Crippen MR) is 78.7 cm³/mol. The van der Waals surface area contributed by atoms with Crippen molar-refractivity contribution in [3.8, 4) is 0 Å². The van der Waals surface area contributed by atoms with Crippen LogP contribution in [0.1, 0.15) is 19.3 Å². The highest BCUT2D eigenvalue weighted by atomic mass is 32.2. The molecule has 1 atom stereocenters. The van der Waals surface area contributed by atoms with Crippen molar-refractivity contribution in [1.82, 2.24) is 9.80 Å². The second-order valence-electron chi connectivity index (χ2n) is 5.53. The first-order chi connectivity index (χ1) is 9.56. The first-order valence-corrected chi connectivity index (χ1v) is 8.28. The first kappa shape index (κ1) is 15.6. The van der Waals surface area contributed by atoms with E-state index in [-0.39, 0.29) is 24.4 Å². The maximum absolute atomic E-state index is 12.4. The third-order valence-corrected chi connectivity index (χ3v) is 5.04. The number of nitrogens with zero attached hydrogens (tertiary/aromatic N) is 2. The SMILES string of the molecule is NC1CCN(CC(=O)N2CCSCC2CC(=O)O)CC1. The number of carboxylic acids is 1. The van der Waals surface area contributed by atoms with Crippen LogP contribution in [0.15, 0.2) is 0 Å². The number of carboxylic acid groups (broad SMARTS) is 1. The van der Waals surface area contributed by atoms with Gasteiger partial charge in [-0.25, -0.2) is 0 Å². The normalized spacial score (nSPS) is 25.6. The zero-order valence-corrected chi connectivity index (χ0v) is 12.5. The molecule has 114 valence electrons. The van der Waals surface area contributed by atoms with E-state index in [0.29, 0.717) is 13.1 Å². The number of hydrogen-bond acceptors (Lipinski definition) is 5. The summed E-state index contributed by atoms with van der Waals surface area (Å²) in [5.41, 5.74) is 5.86. The average Bonchev–Trinajstić information content (AvgIpc) is 2.41. The third-order valence-electron chi connectivity index (χ3n) is 3.95. The van der Waals surface area contributed by atoms with E-state index in [9.17, 15) is 9.59 Å². The van der Waals surface area contributed by atoms with Crippen molar-refractivity contribution in [3.63, 3.8) is 0 Å². The average molecular weight is 301 g/mol. The van der Waals surface area contributed by atoms with Crippen LogP contribution in [0.4, 0.5) is 0 Å². The molecule has 1 unspecified atom stereocenters. The molecule has 20 heavy (non-hydrogen) atoms. The molecule has 0 aromatic carbocycles. The highest BCUT2D eigenvalue weighted by Crippen LogP contribution is 2.20. The van der Waals surface area contributed by atoms with Gasteiger partial charge >= 0.3 is 5.97 Å². The van der Waals surface area contributed by atoms with E-state index in [1.165, 1.54) is 0 Å². The molecule has 2 aliphatic rings. The fourth-order valence-electron chi connectivity index (χ4n) is 2.75. The number of likely N-dealkylation sites (tertiary alicyclic amines) is 1. The van der Waals surface area contributed by atoms with Gasteiger partial charge in [0, 0.05) is 37.2 Å². The van der Waals surface area contributed by atoms with E-state index in [1.54, 1.807) is 16.7 Å². The molecule has 2 saturated heterocycles. The van der Waals surface area contributed by atoms with Gasteiger partial charge in [-0.15, -0.1) is 0 Å². The topological polar surface area (TPSA) is 86.9 Å². The minimum Gasteiger partial charge on any atom is -0.481 e. The summed E-state index contributed by atoms with van der Waals surface area (Å²) in [6, 6.07) is 0.0956. The van der Waals surface area contributed by atoms with Gasteiger partial charge in [-0.2, -0.15) is 11.8 Å². The van der Waals surface area contributed by atoms with Gasteiger partial charge in [0.15, 0.2) is 0 Å². The third kappa shape index (κ3) is 4.36. The summed E-state index contributed by atoms with van der Waals surface area (Å²) in [6.07, 6.45) is 1.91. The van der Waals surface area contributed by atoms with Gasteiger partial charge in [0.25, 0.3) is 0 Å². The molecule has 0 saturated carbocycles. The van der Waals surface area contributed by atoms with E-state index < -0.39 is 5.97 Å². The van der Waals surface area contributed by atoms with Gasteiger partial charge in [0.1, 0.15) is 0 Å². The summed E-state index contributed by atoms with van der Waals surface area (Å²) in [5, 5.41) is 8.94. The Morgan fingerprint density at radius 1 is 1.25 bits per heavy atom. The molecule has 2 rings (SSSR count). The minimum absolute atomic E-state index is 0.0453. The molecule has 0 aliphatic carbocycles. The van der Waals surface area contributed by atoms with Gasteiger partial charge < -0.3 is 15.7 Å². The summed E-state index contributed by atoms with van der Waals surface area (Å²) in [6.45, 7) is 2.78. The molecule has 0 aromatic heterocycles. The van der Waals surface area contributed by atoms with Gasteiger partial charge in [0.2, 0.25) is 5.91 Å². The number of nitrogens with two attached hydrogens (primary N) is 1. The maximum atomic E-state index is 12.4. The number of carbonyl (C=O) groups is 2. The molecular weight excluding hydrogens is 278 g/mol. The summed E-state index contributed by atoms with van der Waals surface area (Å²) in [7, 11) is 0. The van der Waals surface area contributed by atoms with E-state index in [2.05, 4.69) is 4.90 Å². The van der Waals surface area contributed by atoms with Crippen molar-refractivity contribution >= 4 is 23.6 Å². The van der Waals surface area contributed by atoms with Crippen LogP contribution in [0, 0.1) is 0 Å². The first-order valence-electron chi connectivity index (χ1n) is 7.13. The Morgan fingerprint density at radius 3 is 2.60 bits per heavy atom. The Hall–Kier alpha value is -0.790. The number of thioether (sulfide) groups is 1. The second kappa shape index (κ2) is 7.28. The van der Waals surface area contributed by atoms with Gasteiger partial charge in [-0.05, 0) is 12.8 Å². The molecule has 2 fully saturated rings. The van der Waals surface area contributed by atoms with Gasteiger partial charge in [-0.1, -0.05) is 0 Å². The lowest BCUT2D eigenvalue weighted by atomic mass is 10.1. The molecule has 2 heterocycles. The van der Waals surface area contributed by atoms with Crippen LogP contribution in [-0.4, -0.2) is 76.6 Å². The summed E-state index contributed by atoms with van der Waals surface area (Å²) >= 11 is 1.73. The lowest BCUT2D eigenvalue weighted by molar-refractivity contribution is -0.140. The molecular formula is C13H23N3O3S. The summed E-state index contributed by atoms with van der Waals surface area (Å²) < 4.78 is 0. The number of hydrogen-bond donors (Lipinski definition) is 2. The molecule has 0 radical (unpaired) electrons. The molecule has 6 nitrogen and oxygen atoms in total. The number of piperidine rings is 1. The van der Waals surface area contributed by atoms with Crippen molar-refractivity contribution in [2.45, 2.75) is 31.3 Å². The fourth-order valence-corrected chi connectivity index (χ4v) is 3.81. The predicted octanol–water partition coefficient (Wildman–Crippen LogP) is -0.172. The molecule has 1 amide bonds. The molecule has 7 heteroatoms. The van der Waals surface area contributed by atoms with Crippen LogP contribution in [0.2, 0.25) is 0 Å². The van der Waals surface area contributed by atoms with E-state index in [4.69, 9.17) is 10.8 Å². The number of carbonyl (C=O) groups excluding carboxylic acids is 1. The number of aliphatic carboxylic acids is 1. The molecule has 0 aromatic rings. The van der Waals surface area contributed by atoms with Crippen LogP contribution in [0.25, 0.3) is 0 Å². The van der Waals surface area contributed by atoms with Crippen LogP contribution in [0.5, 0.6) is 0 Å². The molecule has 3 N–H and O–H groups in total. The van der Waals surface area contributed by atoms with Gasteiger partial charge in [0.05, 0.1) is 19.0 Å². The Balaban J connectivity index is 1.87. The monoisotopic (exact) mass is 301 g/mol. The standard InChI is InChI=1S/C13H23N3O3S/c14-10-1-3-15(4-2-10)8-12(17)16-5-6-20-9-11(16)7-13(18)19/h10-11H,1-9,14H2,(H,18,19). The van der Waals surface area contributed by atoms with Crippen molar-refractivity contribution in [2.24, 2.45) is 5.73 Å². The maximum Gasteiger partial charge on any atom is 0.305 e. The highest BCUT2D eigenvalue weighted by Gasteiger charge is 2.30. The second-order valence-corrected chi connectivity index (χ2v) is 6.68. The van der Waals surface area contributed by atoms with E-state index in [1.807, 2.05) is 0 Å². The smallest absolute Gasteiger partial charge is 0.305 e. The Morgan fingerprint density at radius 2 is 1.95 bits per heavy atom. The zero-order valence-electron chi connectivity index (χ0n) is 11.7. The van der Waals surface area contributed by atoms with Crippen molar-refractivity contribution in [1.29, 1.82) is 0 Å². The van der Waals surface area contributed by atoms with Crippen LogP contribution >= 0.6 is 11.8 Å². The van der Waals surface area contributed by atoms with Gasteiger partial charge in [-0.3, -0.25) is 14.5 Å². The van der Waals surface area contributed by atoms with Crippen LogP contribution in [-0.2, 0) is 9.59 Å². The lowest BCUT2D eigenvalue weighted by Gasteiger charge is -2.37. The lowest BCUT2D eigenvalue weighted by Crippen LogP contribution is -2.52.